The first-order valence-electron chi connectivity index (χ1n) is 7.39. The summed E-state index contributed by atoms with van der Waals surface area (Å²) in [6, 6.07) is 15.5. The van der Waals surface area contributed by atoms with Crippen LogP contribution in [0.5, 0.6) is 5.75 Å². The molecule has 0 saturated carbocycles. The van der Waals surface area contributed by atoms with Crippen molar-refractivity contribution in [1.82, 2.24) is 0 Å². The van der Waals surface area contributed by atoms with E-state index in [0.29, 0.717) is 17.7 Å². The van der Waals surface area contributed by atoms with E-state index in [1.165, 1.54) is 0 Å². The molecule has 0 aromatic heterocycles. The van der Waals surface area contributed by atoms with Gasteiger partial charge in [0, 0.05) is 17.1 Å². The second-order valence-electron chi connectivity index (χ2n) is 5.70. The fourth-order valence-electron chi connectivity index (χ4n) is 3.36. The van der Waals surface area contributed by atoms with Gasteiger partial charge in [-0.15, -0.1) is 0 Å². The van der Waals surface area contributed by atoms with E-state index in [1.54, 1.807) is 48.5 Å². The summed E-state index contributed by atoms with van der Waals surface area (Å²) in [7, 11) is -3.54. The number of benzene rings is 2. The molecule has 0 unspecified atom stereocenters. The van der Waals surface area contributed by atoms with Crippen molar-refractivity contribution in [2.24, 2.45) is 0 Å². The van der Waals surface area contributed by atoms with Gasteiger partial charge in [0.15, 0.2) is 9.84 Å². The molecule has 0 radical (unpaired) electrons. The third-order valence-corrected chi connectivity index (χ3v) is 6.63. The quantitative estimate of drug-likeness (QED) is 0.629. The van der Waals surface area contributed by atoms with Crippen molar-refractivity contribution in [2.45, 2.75) is 22.5 Å². The van der Waals surface area contributed by atoms with Crippen molar-refractivity contribution in [1.29, 1.82) is 0 Å². The highest BCUT2D eigenvalue weighted by atomic mass is 32.2. The molecular weight excluding hydrogens is 312 g/mol. The van der Waals surface area contributed by atoms with E-state index in [1.807, 2.05) is 12.1 Å². The molecule has 2 aliphatic rings. The molecule has 0 fully saturated rings. The molecule has 2 aromatic carbocycles. The van der Waals surface area contributed by atoms with Gasteiger partial charge in [-0.2, -0.15) is 0 Å². The van der Waals surface area contributed by atoms with Gasteiger partial charge in [0.1, 0.15) is 5.75 Å². The minimum atomic E-state index is -3.54. The van der Waals surface area contributed by atoms with Gasteiger partial charge in [-0.3, -0.25) is 0 Å². The van der Waals surface area contributed by atoms with Crippen LogP contribution in [0, 0.1) is 0 Å². The first-order chi connectivity index (χ1) is 11.1. The zero-order valence-corrected chi connectivity index (χ0v) is 13.0. The molecule has 2 aromatic rings. The lowest BCUT2D eigenvalue weighted by atomic mass is 9.89. The van der Waals surface area contributed by atoms with Crippen LogP contribution < -0.4 is 4.74 Å². The van der Waals surface area contributed by atoms with Gasteiger partial charge >= 0.3 is 5.97 Å². The molecular formula is C18H14O4S. The Hall–Kier alpha value is -2.40. The summed E-state index contributed by atoms with van der Waals surface area (Å²) < 4.78 is 31.4. The lowest BCUT2D eigenvalue weighted by Crippen LogP contribution is -2.31. The lowest BCUT2D eigenvalue weighted by Gasteiger charge is -2.28. The minimum Gasteiger partial charge on any atom is -0.423 e. The van der Waals surface area contributed by atoms with Gasteiger partial charge in [0.25, 0.3) is 0 Å². The average Bonchev–Trinajstić information content (AvgIpc) is 3.02. The molecule has 2 atom stereocenters. The molecule has 116 valence electrons. The molecule has 0 bridgehead atoms. The molecule has 0 spiro atoms. The van der Waals surface area contributed by atoms with Crippen molar-refractivity contribution < 1.29 is 17.9 Å². The van der Waals surface area contributed by atoms with E-state index in [2.05, 4.69) is 0 Å². The van der Waals surface area contributed by atoms with Gasteiger partial charge < -0.3 is 4.74 Å². The number of hydrogen-bond donors (Lipinski definition) is 0. The van der Waals surface area contributed by atoms with E-state index in [4.69, 9.17) is 4.74 Å². The molecule has 4 nitrogen and oxygen atoms in total. The van der Waals surface area contributed by atoms with Crippen LogP contribution >= 0.6 is 0 Å². The second kappa shape index (κ2) is 5.06. The summed E-state index contributed by atoms with van der Waals surface area (Å²) in [5, 5.41) is -0.672. The molecule has 5 heteroatoms. The van der Waals surface area contributed by atoms with Crippen LogP contribution in [0.1, 0.15) is 17.9 Å². The summed E-state index contributed by atoms with van der Waals surface area (Å²) in [6.45, 7) is 0. The van der Waals surface area contributed by atoms with Crippen LogP contribution in [0.2, 0.25) is 0 Å². The number of sulfone groups is 1. The summed E-state index contributed by atoms with van der Waals surface area (Å²) in [5.41, 5.74) is 1.22. The third-order valence-electron chi connectivity index (χ3n) is 4.44. The van der Waals surface area contributed by atoms with Gasteiger partial charge in [-0.1, -0.05) is 42.5 Å². The van der Waals surface area contributed by atoms with E-state index >= 15 is 0 Å². The number of ether oxygens (including phenoxy) is 1. The maximum absolute atomic E-state index is 13.0. The maximum Gasteiger partial charge on any atom is 0.339 e. The van der Waals surface area contributed by atoms with Crippen LogP contribution in [0.25, 0.3) is 0 Å². The Kier molecular flexibility index (Phi) is 3.13. The predicted molar refractivity (Wildman–Crippen MR) is 84.9 cm³/mol. The van der Waals surface area contributed by atoms with E-state index < -0.39 is 27.0 Å². The summed E-state index contributed by atoms with van der Waals surface area (Å²) in [6.07, 6.45) is 2.02. The van der Waals surface area contributed by atoms with Gasteiger partial charge in [0.2, 0.25) is 0 Å². The minimum absolute atomic E-state index is 0.288. The maximum atomic E-state index is 13.0. The SMILES string of the molecule is O=C1Oc2ccccc2[C@H]2C1=CC[C@@H]2S(=O)(=O)c1ccccc1. The van der Waals surface area contributed by atoms with Crippen LogP contribution in [0.15, 0.2) is 71.1 Å². The highest BCUT2D eigenvalue weighted by Gasteiger charge is 2.46. The van der Waals surface area contributed by atoms with Gasteiger partial charge in [-0.05, 0) is 24.6 Å². The zero-order valence-electron chi connectivity index (χ0n) is 12.2. The number of esters is 1. The fourth-order valence-corrected chi connectivity index (χ4v) is 5.25. The third kappa shape index (κ3) is 2.11. The highest BCUT2D eigenvalue weighted by Crippen LogP contribution is 2.47. The number of para-hydroxylation sites is 1. The monoisotopic (exact) mass is 326 g/mol. The number of carbonyl (C=O) groups excluding carboxylic acids is 1. The average molecular weight is 326 g/mol. The highest BCUT2D eigenvalue weighted by molar-refractivity contribution is 7.92. The number of fused-ring (bicyclic) bond motifs is 3. The van der Waals surface area contributed by atoms with E-state index in [9.17, 15) is 13.2 Å². The number of carbonyl (C=O) groups is 1. The Balaban J connectivity index is 1.84. The molecule has 0 saturated heterocycles. The normalized spacial score (nSPS) is 22.8. The van der Waals surface area contributed by atoms with Crippen molar-refractivity contribution in [2.75, 3.05) is 0 Å². The van der Waals surface area contributed by atoms with Crippen molar-refractivity contribution in [3.8, 4) is 5.75 Å². The van der Waals surface area contributed by atoms with Crippen molar-refractivity contribution in [3.05, 3.63) is 71.8 Å². The molecule has 0 N–H and O–H groups in total. The molecule has 1 aliphatic heterocycles. The molecule has 1 heterocycles. The first kappa shape index (κ1) is 14.2. The molecule has 0 amide bonds. The Morgan fingerprint density at radius 3 is 2.43 bits per heavy atom. The van der Waals surface area contributed by atoms with Crippen molar-refractivity contribution >= 4 is 15.8 Å². The summed E-state index contributed by atoms with van der Waals surface area (Å²) >= 11 is 0. The van der Waals surface area contributed by atoms with Gasteiger partial charge in [0.05, 0.1) is 10.1 Å². The Morgan fingerprint density at radius 1 is 0.957 bits per heavy atom. The van der Waals surface area contributed by atoms with Crippen LogP contribution in [-0.2, 0) is 14.6 Å². The first-order valence-corrected chi connectivity index (χ1v) is 8.94. The van der Waals surface area contributed by atoms with E-state index in [0.717, 1.165) is 5.56 Å². The Labute approximate surface area is 134 Å². The van der Waals surface area contributed by atoms with Crippen molar-refractivity contribution in [3.63, 3.8) is 0 Å². The van der Waals surface area contributed by atoms with Crippen LogP contribution in [0.4, 0.5) is 0 Å². The van der Waals surface area contributed by atoms with Crippen LogP contribution in [-0.4, -0.2) is 19.6 Å². The van der Waals surface area contributed by atoms with Gasteiger partial charge in [-0.25, -0.2) is 13.2 Å². The number of allylic oxidation sites excluding steroid dienone is 1. The largest absolute Gasteiger partial charge is 0.423 e. The number of hydrogen-bond acceptors (Lipinski definition) is 4. The lowest BCUT2D eigenvalue weighted by molar-refractivity contribution is -0.131. The Bertz CT molecular complexity index is 913. The Morgan fingerprint density at radius 2 is 1.65 bits per heavy atom. The van der Waals surface area contributed by atoms with E-state index in [-0.39, 0.29) is 4.90 Å². The topological polar surface area (TPSA) is 60.4 Å². The fraction of sp³-hybridized carbons (Fsp3) is 0.167. The molecule has 1 aliphatic carbocycles. The summed E-state index contributed by atoms with van der Waals surface area (Å²) in [5.74, 6) is -0.452. The zero-order chi connectivity index (χ0) is 16.0. The standard InChI is InChI=1S/C18H14O4S/c19-18-14-10-11-16(23(20,21)12-6-2-1-3-7-12)17(14)13-8-4-5-9-15(13)22-18/h1-10,16-17H,11H2/t16-,17-/m0/s1. The predicted octanol–water partition coefficient (Wildman–Crippen LogP) is 2.86. The molecule has 23 heavy (non-hydrogen) atoms. The van der Waals surface area contributed by atoms with Crippen LogP contribution in [0.3, 0.4) is 0 Å². The second-order valence-corrected chi connectivity index (χ2v) is 7.86. The molecule has 4 rings (SSSR count). The smallest absolute Gasteiger partial charge is 0.339 e. The number of rotatable bonds is 2. The summed E-state index contributed by atoms with van der Waals surface area (Å²) in [4.78, 5) is 12.5.